The smallest absolute Gasteiger partial charge is 0.190 e. The van der Waals surface area contributed by atoms with Crippen molar-refractivity contribution < 1.29 is 29.3 Å². The number of rotatable bonds is 2. The quantitative estimate of drug-likeness (QED) is 0.633. The van der Waals surface area contributed by atoms with Crippen LogP contribution in [0.5, 0.6) is 0 Å². The van der Waals surface area contributed by atoms with Crippen LogP contribution in [0, 0.1) is 29.1 Å². The van der Waals surface area contributed by atoms with Crippen LogP contribution in [0.1, 0.15) is 39.5 Å². The second-order valence-electron chi connectivity index (χ2n) is 9.08. The van der Waals surface area contributed by atoms with Crippen LogP contribution >= 0.6 is 0 Å². The molecule has 0 aromatic rings. The summed E-state index contributed by atoms with van der Waals surface area (Å²) in [6, 6.07) is 0. The summed E-state index contributed by atoms with van der Waals surface area (Å²) in [4.78, 5) is 24.2. The summed E-state index contributed by atoms with van der Waals surface area (Å²) in [5, 5.41) is 31.4. The van der Waals surface area contributed by atoms with Crippen LogP contribution in [-0.4, -0.2) is 50.9 Å². The molecule has 27 heavy (non-hydrogen) atoms. The SMILES string of the molecule is C[C@@H]1C[C@@H]2C(C[C@H](O)[C@@]3(F)[C@H]2CC=C2CC(=O)C=C[C@@]23C)[C@@]1(O)C(=O)CO. The number of alkyl halides is 1. The monoisotopic (exact) mass is 378 g/mol. The first-order valence-electron chi connectivity index (χ1n) is 9.75. The molecular formula is C21H27FO5. The fourth-order valence-electron chi connectivity index (χ4n) is 6.62. The number of fused-ring (bicyclic) bond motifs is 5. The van der Waals surface area contributed by atoms with Gasteiger partial charge < -0.3 is 15.3 Å². The van der Waals surface area contributed by atoms with Crippen molar-refractivity contribution in [3.8, 4) is 0 Å². The Hall–Kier alpha value is -1.37. The number of aliphatic hydroxyl groups is 3. The van der Waals surface area contributed by atoms with Crippen LogP contribution in [0.25, 0.3) is 0 Å². The lowest BCUT2D eigenvalue weighted by Gasteiger charge is -2.59. The zero-order valence-corrected chi connectivity index (χ0v) is 15.7. The largest absolute Gasteiger partial charge is 0.390 e. The molecule has 0 amide bonds. The van der Waals surface area contributed by atoms with Crippen molar-refractivity contribution in [3.05, 3.63) is 23.8 Å². The summed E-state index contributed by atoms with van der Waals surface area (Å²) < 4.78 is 16.7. The van der Waals surface area contributed by atoms with Crippen molar-refractivity contribution in [3.63, 3.8) is 0 Å². The van der Waals surface area contributed by atoms with Gasteiger partial charge in [-0.15, -0.1) is 0 Å². The molecule has 0 saturated heterocycles. The van der Waals surface area contributed by atoms with Crippen LogP contribution in [-0.2, 0) is 9.59 Å². The first-order chi connectivity index (χ1) is 12.6. The Morgan fingerprint density at radius 1 is 1.33 bits per heavy atom. The Labute approximate surface area is 158 Å². The van der Waals surface area contributed by atoms with E-state index < -0.39 is 52.9 Å². The number of hydrogen-bond donors (Lipinski definition) is 3. The number of carbonyl (C=O) groups excluding carboxylic acids is 2. The molecule has 4 aliphatic carbocycles. The highest BCUT2D eigenvalue weighted by atomic mass is 19.1. The van der Waals surface area contributed by atoms with Gasteiger partial charge in [-0.3, -0.25) is 9.59 Å². The van der Waals surface area contributed by atoms with Gasteiger partial charge in [-0.2, -0.15) is 0 Å². The maximum atomic E-state index is 16.7. The maximum absolute atomic E-state index is 16.7. The molecule has 4 rings (SSSR count). The van der Waals surface area contributed by atoms with Crippen LogP contribution in [0.15, 0.2) is 23.8 Å². The Bertz CT molecular complexity index is 760. The maximum Gasteiger partial charge on any atom is 0.190 e. The van der Waals surface area contributed by atoms with Crippen LogP contribution in [0.4, 0.5) is 4.39 Å². The molecule has 2 fully saturated rings. The molecule has 148 valence electrons. The molecule has 5 nitrogen and oxygen atoms in total. The van der Waals surface area contributed by atoms with Crippen LogP contribution < -0.4 is 0 Å². The predicted octanol–water partition coefficient (Wildman–Crippen LogP) is 1.51. The molecule has 0 heterocycles. The molecule has 4 aliphatic rings. The van der Waals surface area contributed by atoms with Crippen molar-refractivity contribution in [2.75, 3.05) is 6.61 Å². The lowest BCUT2D eigenvalue weighted by Crippen LogP contribution is -2.66. The topological polar surface area (TPSA) is 94.8 Å². The lowest BCUT2D eigenvalue weighted by molar-refractivity contribution is -0.186. The lowest BCUT2D eigenvalue weighted by atomic mass is 9.48. The summed E-state index contributed by atoms with van der Waals surface area (Å²) in [6.45, 7) is 2.72. The van der Waals surface area contributed by atoms with Gasteiger partial charge in [-0.05, 0) is 44.1 Å². The number of allylic oxidation sites excluding steroid dienone is 4. The molecule has 2 saturated carbocycles. The minimum Gasteiger partial charge on any atom is -0.390 e. The van der Waals surface area contributed by atoms with Crippen molar-refractivity contribution in [1.29, 1.82) is 0 Å². The molecule has 0 aliphatic heterocycles. The van der Waals surface area contributed by atoms with Gasteiger partial charge >= 0.3 is 0 Å². The molecule has 1 unspecified atom stereocenters. The van der Waals surface area contributed by atoms with Crippen molar-refractivity contribution in [2.24, 2.45) is 29.1 Å². The van der Waals surface area contributed by atoms with E-state index in [0.29, 0.717) is 18.4 Å². The van der Waals surface area contributed by atoms with Crippen LogP contribution in [0.2, 0.25) is 0 Å². The van der Waals surface area contributed by atoms with Gasteiger partial charge in [0.25, 0.3) is 0 Å². The van der Waals surface area contributed by atoms with E-state index in [0.717, 1.165) is 0 Å². The van der Waals surface area contributed by atoms with E-state index in [1.54, 1.807) is 19.9 Å². The Balaban J connectivity index is 1.80. The highest BCUT2D eigenvalue weighted by molar-refractivity contribution is 5.93. The second kappa shape index (κ2) is 5.82. The van der Waals surface area contributed by atoms with Gasteiger partial charge in [0.15, 0.2) is 17.2 Å². The Kier molecular flexibility index (Phi) is 4.09. The van der Waals surface area contributed by atoms with E-state index in [2.05, 4.69) is 0 Å². The zero-order chi connectivity index (χ0) is 19.8. The summed E-state index contributed by atoms with van der Waals surface area (Å²) in [7, 11) is 0. The molecule has 3 N–H and O–H groups in total. The van der Waals surface area contributed by atoms with Crippen molar-refractivity contribution in [1.82, 2.24) is 0 Å². The van der Waals surface area contributed by atoms with E-state index in [9.17, 15) is 24.9 Å². The van der Waals surface area contributed by atoms with E-state index >= 15 is 4.39 Å². The predicted molar refractivity (Wildman–Crippen MR) is 95.3 cm³/mol. The normalized spacial score (nSPS) is 51.3. The van der Waals surface area contributed by atoms with Gasteiger partial charge in [-0.1, -0.05) is 24.6 Å². The summed E-state index contributed by atoms with van der Waals surface area (Å²) >= 11 is 0. The van der Waals surface area contributed by atoms with E-state index in [4.69, 9.17) is 0 Å². The molecular weight excluding hydrogens is 351 g/mol. The highest BCUT2D eigenvalue weighted by Crippen LogP contribution is 2.65. The minimum atomic E-state index is -1.96. The fraction of sp³-hybridized carbons (Fsp3) is 0.714. The summed E-state index contributed by atoms with van der Waals surface area (Å²) in [6.07, 6.45) is 4.51. The molecule has 0 aromatic carbocycles. The molecule has 0 spiro atoms. The molecule has 0 aromatic heterocycles. The molecule has 0 radical (unpaired) electrons. The van der Waals surface area contributed by atoms with Crippen molar-refractivity contribution >= 4 is 11.6 Å². The second-order valence-corrected chi connectivity index (χ2v) is 9.08. The Morgan fingerprint density at radius 2 is 2.04 bits per heavy atom. The number of aliphatic hydroxyl groups excluding tert-OH is 2. The zero-order valence-electron chi connectivity index (χ0n) is 15.7. The number of Topliss-reactive ketones (excluding diaryl/α,β-unsaturated/α-hetero) is 1. The van der Waals surface area contributed by atoms with E-state index in [1.165, 1.54) is 6.08 Å². The average Bonchev–Trinajstić information content (AvgIpc) is 2.88. The van der Waals surface area contributed by atoms with E-state index in [1.807, 2.05) is 6.08 Å². The summed E-state index contributed by atoms with van der Waals surface area (Å²) in [5.74, 6) is -2.54. The summed E-state index contributed by atoms with van der Waals surface area (Å²) in [5.41, 5.74) is -4.05. The third kappa shape index (κ3) is 2.15. The van der Waals surface area contributed by atoms with Gasteiger partial charge in [0, 0.05) is 23.7 Å². The molecule has 8 atom stereocenters. The minimum absolute atomic E-state index is 0.0328. The third-order valence-corrected chi connectivity index (χ3v) is 8.12. The third-order valence-electron chi connectivity index (χ3n) is 8.12. The first kappa shape index (κ1) is 19.0. The van der Waals surface area contributed by atoms with E-state index in [-0.39, 0.29) is 24.5 Å². The molecule has 0 bridgehead atoms. The Morgan fingerprint density at radius 3 is 2.70 bits per heavy atom. The van der Waals surface area contributed by atoms with Gasteiger partial charge in [0.1, 0.15) is 12.2 Å². The fourth-order valence-corrected chi connectivity index (χ4v) is 6.62. The number of ketones is 2. The number of halogens is 1. The standard InChI is InChI=1S/C21H27FO5/c1-11-7-14-15-4-3-12-8-13(24)5-6-19(12,2)21(15,22)17(25)9-16(14)20(11,27)18(26)10-23/h3,5-6,11,14-17,23,25,27H,4,7-10H2,1-2H3/t11-,14+,15+,16?,17+,19+,20-,21+/m1/s1. The van der Waals surface area contributed by atoms with Gasteiger partial charge in [0.05, 0.1) is 6.10 Å². The van der Waals surface area contributed by atoms with Crippen LogP contribution in [0.3, 0.4) is 0 Å². The van der Waals surface area contributed by atoms with Crippen molar-refractivity contribution in [2.45, 2.75) is 56.9 Å². The average molecular weight is 378 g/mol. The van der Waals surface area contributed by atoms with Gasteiger partial charge in [0.2, 0.25) is 0 Å². The van der Waals surface area contributed by atoms with Gasteiger partial charge in [-0.25, -0.2) is 4.39 Å². The number of hydrogen-bond acceptors (Lipinski definition) is 5. The highest BCUT2D eigenvalue weighted by Gasteiger charge is 2.71. The first-order valence-corrected chi connectivity index (χ1v) is 9.75. The number of carbonyl (C=O) groups is 2. The molecule has 6 heteroatoms.